The number of nitrogens with one attached hydrogen (secondary N) is 1. The molecule has 2 rings (SSSR count). The molecule has 0 aromatic heterocycles. The van der Waals surface area contributed by atoms with E-state index >= 15 is 0 Å². The number of nitro benzene ring substituents is 1. The first-order valence-corrected chi connectivity index (χ1v) is 8.08. The Labute approximate surface area is 122 Å². The molecule has 2 unspecified atom stereocenters. The quantitative estimate of drug-likeness (QED) is 0.668. The zero-order valence-corrected chi connectivity index (χ0v) is 12.3. The molecule has 0 saturated heterocycles. The van der Waals surface area contributed by atoms with Crippen LogP contribution in [0, 0.1) is 15.9 Å². The molecule has 0 heterocycles. The van der Waals surface area contributed by atoms with Gasteiger partial charge in [0.05, 0.1) is 4.92 Å². The fourth-order valence-corrected chi connectivity index (χ4v) is 3.50. The van der Waals surface area contributed by atoms with Crippen molar-refractivity contribution in [1.29, 1.82) is 0 Å². The van der Waals surface area contributed by atoms with Gasteiger partial charge in [-0.15, -0.1) is 0 Å². The smallest absolute Gasteiger partial charge is 0.274 e. The van der Waals surface area contributed by atoms with Crippen LogP contribution >= 0.6 is 11.8 Å². The zero-order chi connectivity index (χ0) is 14.5. The van der Waals surface area contributed by atoms with Crippen molar-refractivity contribution >= 4 is 17.4 Å². The normalized spacial score (nSPS) is 22.7. The van der Waals surface area contributed by atoms with E-state index in [0.717, 1.165) is 18.9 Å². The number of halogens is 1. The van der Waals surface area contributed by atoms with Crippen LogP contribution in [0.5, 0.6) is 0 Å². The van der Waals surface area contributed by atoms with Crippen molar-refractivity contribution in [3.8, 4) is 0 Å². The number of benzene rings is 1. The minimum Gasteiger partial charge on any atom is -0.310 e. The van der Waals surface area contributed by atoms with E-state index in [9.17, 15) is 14.5 Å². The van der Waals surface area contributed by atoms with Crippen molar-refractivity contribution in [3.05, 3.63) is 39.7 Å². The van der Waals surface area contributed by atoms with E-state index in [4.69, 9.17) is 0 Å². The van der Waals surface area contributed by atoms with Gasteiger partial charge in [0.15, 0.2) is 0 Å². The molecule has 1 fully saturated rings. The molecule has 0 amide bonds. The maximum Gasteiger partial charge on any atom is 0.274 e. The van der Waals surface area contributed by atoms with Crippen LogP contribution in [0.3, 0.4) is 0 Å². The SMILES string of the molecule is CSC1CCCC(NCc2cc(F)ccc2[N+](=O)[O-])C1. The Kier molecular flexibility index (Phi) is 5.37. The largest absolute Gasteiger partial charge is 0.310 e. The van der Waals surface area contributed by atoms with Gasteiger partial charge >= 0.3 is 0 Å². The molecule has 20 heavy (non-hydrogen) atoms. The van der Waals surface area contributed by atoms with Crippen molar-refractivity contribution in [1.82, 2.24) is 5.32 Å². The molecule has 1 aliphatic rings. The van der Waals surface area contributed by atoms with Crippen molar-refractivity contribution in [2.75, 3.05) is 6.26 Å². The fraction of sp³-hybridized carbons (Fsp3) is 0.571. The van der Waals surface area contributed by atoms with E-state index in [-0.39, 0.29) is 5.69 Å². The average molecular weight is 298 g/mol. The molecule has 4 nitrogen and oxygen atoms in total. The lowest BCUT2D eigenvalue weighted by Crippen LogP contribution is -2.34. The predicted octanol–water partition coefficient (Wildman–Crippen LogP) is 3.50. The number of hydrogen-bond donors (Lipinski definition) is 1. The van der Waals surface area contributed by atoms with Crippen molar-refractivity contribution < 1.29 is 9.31 Å². The van der Waals surface area contributed by atoms with E-state index in [1.54, 1.807) is 0 Å². The van der Waals surface area contributed by atoms with E-state index in [0.29, 0.717) is 23.4 Å². The highest BCUT2D eigenvalue weighted by Gasteiger charge is 2.22. The molecule has 1 saturated carbocycles. The first-order chi connectivity index (χ1) is 9.60. The highest BCUT2D eigenvalue weighted by molar-refractivity contribution is 7.99. The summed E-state index contributed by atoms with van der Waals surface area (Å²) < 4.78 is 13.2. The molecule has 0 bridgehead atoms. The number of rotatable bonds is 5. The monoisotopic (exact) mass is 298 g/mol. The summed E-state index contributed by atoms with van der Waals surface area (Å²) in [6.45, 7) is 0.347. The molecule has 1 aromatic carbocycles. The molecular formula is C14H19FN2O2S. The lowest BCUT2D eigenvalue weighted by Gasteiger charge is -2.28. The highest BCUT2D eigenvalue weighted by Crippen LogP contribution is 2.27. The summed E-state index contributed by atoms with van der Waals surface area (Å²) in [7, 11) is 0. The maximum atomic E-state index is 13.2. The second kappa shape index (κ2) is 7.04. The number of hydrogen-bond acceptors (Lipinski definition) is 4. The van der Waals surface area contributed by atoms with Gasteiger partial charge < -0.3 is 5.32 Å². The number of thioether (sulfide) groups is 1. The second-order valence-corrected chi connectivity index (χ2v) is 6.27. The van der Waals surface area contributed by atoms with Crippen molar-refractivity contribution in [3.63, 3.8) is 0 Å². The Bertz CT molecular complexity index is 484. The Morgan fingerprint density at radius 2 is 2.30 bits per heavy atom. The average Bonchev–Trinajstić information content (AvgIpc) is 2.45. The van der Waals surface area contributed by atoms with Crippen molar-refractivity contribution in [2.45, 2.75) is 43.5 Å². The fourth-order valence-electron chi connectivity index (χ4n) is 2.67. The first-order valence-electron chi connectivity index (χ1n) is 6.79. The van der Waals surface area contributed by atoms with Gasteiger partial charge in [-0.1, -0.05) is 6.42 Å². The van der Waals surface area contributed by atoms with Crippen LogP contribution in [0.4, 0.5) is 10.1 Å². The summed E-state index contributed by atoms with van der Waals surface area (Å²) in [5.74, 6) is -0.432. The van der Waals surface area contributed by atoms with Gasteiger partial charge in [0.25, 0.3) is 5.69 Å². The Balaban J connectivity index is 1.99. The Hall–Kier alpha value is -1.14. The molecule has 1 aliphatic carbocycles. The van der Waals surface area contributed by atoms with E-state index in [2.05, 4.69) is 11.6 Å². The van der Waals surface area contributed by atoms with Gasteiger partial charge in [-0.05, 0) is 37.7 Å². The first kappa shape index (κ1) is 15.3. The summed E-state index contributed by atoms with van der Waals surface area (Å²) >= 11 is 1.87. The second-order valence-electron chi connectivity index (χ2n) is 5.13. The van der Waals surface area contributed by atoms with Gasteiger partial charge in [0, 0.05) is 29.5 Å². The topological polar surface area (TPSA) is 55.2 Å². The van der Waals surface area contributed by atoms with Crippen LogP contribution in [0.1, 0.15) is 31.2 Å². The number of nitro groups is 1. The lowest BCUT2D eigenvalue weighted by atomic mass is 9.94. The van der Waals surface area contributed by atoms with Crippen LogP contribution in [0.15, 0.2) is 18.2 Å². The predicted molar refractivity (Wildman–Crippen MR) is 79.5 cm³/mol. The van der Waals surface area contributed by atoms with E-state index in [1.807, 2.05) is 11.8 Å². The van der Waals surface area contributed by atoms with Gasteiger partial charge in [-0.25, -0.2) is 4.39 Å². The Morgan fingerprint density at radius 3 is 3.00 bits per heavy atom. The molecule has 0 radical (unpaired) electrons. The molecule has 110 valence electrons. The molecule has 1 aromatic rings. The number of nitrogens with zero attached hydrogens (tertiary/aromatic N) is 1. The van der Waals surface area contributed by atoms with Crippen LogP contribution in [-0.4, -0.2) is 22.5 Å². The van der Waals surface area contributed by atoms with E-state index in [1.165, 1.54) is 25.0 Å². The minimum absolute atomic E-state index is 0.0175. The minimum atomic E-state index is -0.456. The molecule has 6 heteroatoms. The summed E-state index contributed by atoms with van der Waals surface area (Å²) in [6, 6.07) is 3.98. The summed E-state index contributed by atoms with van der Waals surface area (Å²) in [4.78, 5) is 10.5. The van der Waals surface area contributed by atoms with Crippen LogP contribution in [0.25, 0.3) is 0 Å². The molecular weight excluding hydrogens is 279 g/mol. The molecule has 0 aliphatic heterocycles. The summed E-state index contributed by atoms with van der Waals surface area (Å²) in [6.07, 6.45) is 6.68. The molecule has 2 atom stereocenters. The standard InChI is InChI=1S/C14H19FN2O2S/c1-20-13-4-2-3-12(8-13)16-9-10-7-11(15)5-6-14(10)17(18)19/h5-7,12-13,16H,2-4,8-9H2,1H3. The zero-order valence-electron chi connectivity index (χ0n) is 11.5. The summed E-state index contributed by atoms with van der Waals surface area (Å²) in [5.41, 5.74) is 0.400. The van der Waals surface area contributed by atoms with Gasteiger partial charge in [0.2, 0.25) is 0 Å². The highest BCUT2D eigenvalue weighted by atomic mass is 32.2. The third-order valence-electron chi connectivity index (χ3n) is 3.78. The molecule has 1 N–H and O–H groups in total. The summed E-state index contributed by atoms with van der Waals surface area (Å²) in [5, 5.41) is 14.9. The van der Waals surface area contributed by atoms with Crippen LogP contribution in [0.2, 0.25) is 0 Å². The molecule has 0 spiro atoms. The third kappa shape index (κ3) is 3.93. The van der Waals surface area contributed by atoms with Gasteiger partial charge in [0.1, 0.15) is 5.82 Å². The van der Waals surface area contributed by atoms with Crippen LogP contribution < -0.4 is 5.32 Å². The van der Waals surface area contributed by atoms with Gasteiger partial charge in [-0.2, -0.15) is 11.8 Å². The Morgan fingerprint density at radius 1 is 1.50 bits per heavy atom. The van der Waals surface area contributed by atoms with E-state index < -0.39 is 10.7 Å². The third-order valence-corrected chi connectivity index (χ3v) is 4.87. The van der Waals surface area contributed by atoms with Crippen LogP contribution in [-0.2, 0) is 6.54 Å². The lowest BCUT2D eigenvalue weighted by molar-refractivity contribution is -0.385. The maximum absolute atomic E-state index is 13.2. The van der Waals surface area contributed by atoms with Gasteiger partial charge in [-0.3, -0.25) is 10.1 Å². The van der Waals surface area contributed by atoms with Crippen molar-refractivity contribution in [2.24, 2.45) is 0 Å².